The van der Waals surface area contributed by atoms with E-state index in [0.29, 0.717) is 10.5 Å². The summed E-state index contributed by atoms with van der Waals surface area (Å²) in [5, 5.41) is 0. The largest absolute Gasteiger partial charge is 0.479 e. The number of ether oxygens (including phenoxy) is 1. The van der Waals surface area contributed by atoms with Crippen molar-refractivity contribution in [2.24, 2.45) is 0 Å². The molecule has 0 N–H and O–H groups in total. The summed E-state index contributed by atoms with van der Waals surface area (Å²) in [7, 11) is 1.57. The van der Waals surface area contributed by atoms with Gasteiger partial charge in [-0.25, -0.2) is 9.97 Å². The van der Waals surface area contributed by atoms with Gasteiger partial charge in [-0.15, -0.1) is 0 Å². The van der Waals surface area contributed by atoms with Gasteiger partial charge in [0, 0.05) is 0 Å². The van der Waals surface area contributed by atoms with Gasteiger partial charge in [-0.3, -0.25) is 0 Å². The van der Waals surface area contributed by atoms with Gasteiger partial charge in [-0.05, 0) is 38.5 Å². The maximum absolute atomic E-state index is 4.91. The molecule has 0 fully saturated rings. The maximum atomic E-state index is 4.91. The highest BCUT2D eigenvalue weighted by Gasteiger charge is 2.01. The second kappa shape index (κ2) is 3.47. The molecule has 0 spiro atoms. The molecular formula is C5H4BrIN2O. The van der Waals surface area contributed by atoms with E-state index in [2.05, 4.69) is 48.5 Å². The molecular weight excluding hydrogens is 311 g/mol. The Labute approximate surface area is 80.5 Å². The van der Waals surface area contributed by atoms with E-state index in [9.17, 15) is 0 Å². The molecule has 10 heavy (non-hydrogen) atoms. The molecule has 0 atom stereocenters. The summed E-state index contributed by atoms with van der Waals surface area (Å²) < 4.78 is 6.37. The fraction of sp³-hybridized carbons (Fsp3) is 0.200. The quantitative estimate of drug-likeness (QED) is 0.742. The highest BCUT2D eigenvalue weighted by atomic mass is 127. The number of aromatic nitrogens is 2. The lowest BCUT2D eigenvalue weighted by Gasteiger charge is -1.99. The molecule has 1 rings (SSSR count). The van der Waals surface area contributed by atoms with E-state index >= 15 is 0 Å². The number of nitrogens with zero attached hydrogens (tertiary/aromatic N) is 2. The summed E-state index contributed by atoms with van der Waals surface area (Å²) in [4.78, 5) is 8.02. The lowest BCUT2D eigenvalue weighted by molar-refractivity contribution is 0.391. The third-order valence-electron chi connectivity index (χ3n) is 0.863. The third-order valence-corrected chi connectivity index (χ3v) is 1.98. The molecule has 0 amide bonds. The van der Waals surface area contributed by atoms with Gasteiger partial charge in [0.2, 0.25) is 5.88 Å². The average molecular weight is 315 g/mol. The standard InChI is InChI=1S/C5H4BrIN2O/c1-10-5-4(7)8-2-3(6)9-5/h2H,1H3. The molecule has 0 bridgehead atoms. The third kappa shape index (κ3) is 1.79. The van der Waals surface area contributed by atoms with Crippen LogP contribution >= 0.6 is 38.5 Å². The summed E-state index contributed by atoms with van der Waals surface area (Å²) in [6.07, 6.45) is 1.63. The van der Waals surface area contributed by atoms with Gasteiger partial charge in [-0.1, -0.05) is 0 Å². The summed E-state index contributed by atoms with van der Waals surface area (Å²) >= 11 is 5.24. The van der Waals surface area contributed by atoms with E-state index in [4.69, 9.17) is 4.74 Å². The van der Waals surface area contributed by atoms with Gasteiger partial charge in [0.15, 0.2) is 3.70 Å². The Bertz CT molecular complexity index is 243. The Morgan fingerprint density at radius 3 is 2.90 bits per heavy atom. The van der Waals surface area contributed by atoms with Crippen LogP contribution in [0.4, 0.5) is 0 Å². The van der Waals surface area contributed by atoms with Crippen LogP contribution in [0.15, 0.2) is 10.8 Å². The molecule has 1 aromatic rings. The minimum Gasteiger partial charge on any atom is -0.479 e. The summed E-state index contributed by atoms with van der Waals surface area (Å²) in [5.41, 5.74) is 0. The monoisotopic (exact) mass is 314 g/mol. The number of hydrogen-bond donors (Lipinski definition) is 0. The van der Waals surface area contributed by atoms with Crippen LogP contribution in [0.3, 0.4) is 0 Å². The average Bonchev–Trinajstić information content (AvgIpc) is 1.94. The van der Waals surface area contributed by atoms with E-state index in [-0.39, 0.29) is 0 Å². The molecule has 5 heteroatoms. The van der Waals surface area contributed by atoms with E-state index in [1.165, 1.54) is 0 Å². The van der Waals surface area contributed by atoms with Crippen LogP contribution < -0.4 is 4.74 Å². The fourth-order valence-corrected chi connectivity index (χ4v) is 1.21. The summed E-state index contributed by atoms with van der Waals surface area (Å²) in [6.45, 7) is 0. The number of rotatable bonds is 1. The van der Waals surface area contributed by atoms with Crippen molar-refractivity contribution in [1.29, 1.82) is 0 Å². The maximum Gasteiger partial charge on any atom is 0.247 e. The van der Waals surface area contributed by atoms with Crippen molar-refractivity contribution in [1.82, 2.24) is 9.97 Å². The first kappa shape index (κ1) is 8.19. The number of methoxy groups -OCH3 is 1. The number of hydrogen-bond acceptors (Lipinski definition) is 3. The Morgan fingerprint density at radius 1 is 1.70 bits per heavy atom. The lowest BCUT2D eigenvalue weighted by Crippen LogP contribution is -1.93. The molecule has 1 heterocycles. The Kier molecular flexibility index (Phi) is 2.84. The van der Waals surface area contributed by atoms with E-state index < -0.39 is 0 Å². The first-order valence-electron chi connectivity index (χ1n) is 2.46. The van der Waals surface area contributed by atoms with Crippen LogP contribution in [0.5, 0.6) is 5.88 Å². The van der Waals surface area contributed by atoms with Gasteiger partial charge < -0.3 is 4.74 Å². The van der Waals surface area contributed by atoms with Gasteiger partial charge in [0.25, 0.3) is 0 Å². The molecule has 0 unspecified atom stereocenters. The molecule has 0 radical (unpaired) electrons. The Hall–Kier alpha value is 0.0900. The Morgan fingerprint density at radius 2 is 2.40 bits per heavy atom. The van der Waals surface area contributed by atoms with Crippen LogP contribution in [0.25, 0.3) is 0 Å². The topological polar surface area (TPSA) is 35.0 Å². The van der Waals surface area contributed by atoms with E-state index in [0.717, 1.165) is 3.70 Å². The fourth-order valence-electron chi connectivity index (χ4n) is 0.467. The normalized spacial score (nSPS) is 9.50. The van der Waals surface area contributed by atoms with Gasteiger partial charge in [-0.2, -0.15) is 0 Å². The SMILES string of the molecule is COc1nc(Br)cnc1I. The van der Waals surface area contributed by atoms with Crippen LogP contribution in [-0.2, 0) is 0 Å². The first-order chi connectivity index (χ1) is 4.74. The molecule has 0 aliphatic carbocycles. The van der Waals surface area contributed by atoms with Crippen molar-refractivity contribution < 1.29 is 4.74 Å². The smallest absolute Gasteiger partial charge is 0.247 e. The molecule has 3 nitrogen and oxygen atoms in total. The van der Waals surface area contributed by atoms with Gasteiger partial charge in [0.05, 0.1) is 13.3 Å². The predicted molar refractivity (Wildman–Crippen MR) is 49.0 cm³/mol. The zero-order valence-corrected chi connectivity index (χ0v) is 8.88. The molecule has 1 aromatic heterocycles. The minimum atomic E-state index is 0.551. The summed E-state index contributed by atoms with van der Waals surface area (Å²) in [6, 6.07) is 0. The molecule has 0 saturated carbocycles. The first-order valence-corrected chi connectivity index (χ1v) is 4.33. The van der Waals surface area contributed by atoms with Gasteiger partial charge >= 0.3 is 0 Å². The second-order valence-electron chi connectivity index (χ2n) is 1.49. The van der Waals surface area contributed by atoms with Crippen molar-refractivity contribution >= 4 is 38.5 Å². The molecule has 0 aliphatic heterocycles. The predicted octanol–water partition coefficient (Wildman–Crippen LogP) is 1.85. The van der Waals surface area contributed by atoms with Crippen LogP contribution in [-0.4, -0.2) is 17.1 Å². The van der Waals surface area contributed by atoms with Crippen molar-refractivity contribution in [3.05, 3.63) is 14.5 Å². The highest BCUT2D eigenvalue weighted by Crippen LogP contribution is 2.16. The van der Waals surface area contributed by atoms with Gasteiger partial charge in [0.1, 0.15) is 4.60 Å². The van der Waals surface area contributed by atoms with Crippen LogP contribution in [0.1, 0.15) is 0 Å². The van der Waals surface area contributed by atoms with Crippen molar-refractivity contribution in [3.8, 4) is 5.88 Å². The van der Waals surface area contributed by atoms with E-state index in [1.807, 2.05) is 0 Å². The zero-order valence-electron chi connectivity index (χ0n) is 5.14. The molecule has 0 aliphatic rings. The second-order valence-corrected chi connectivity index (χ2v) is 3.33. The van der Waals surface area contributed by atoms with Crippen molar-refractivity contribution in [3.63, 3.8) is 0 Å². The lowest BCUT2D eigenvalue weighted by atomic mass is 10.7. The number of halogens is 2. The highest BCUT2D eigenvalue weighted by molar-refractivity contribution is 14.1. The molecule has 0 saturated heterocycles. The molecule has 54 valence electrons. The minimum absolute atomic E-state index is 0.551. The van der Waals surface area contributed by atoms with Crippen LogP contribution in [0.2, 0.25) is 0 Å². The van der Waals surface area contributed by atoms with E-state index in [1.54, 1.807) is 13.3 Å². The van der Waals surface area contributed by atoms with Crippen molar-refractivity contribution in [2.75, 3.05) is 7.11 Å². The summed E-state index contributed by atoms with van der Waals surface area (Å²) in [5.74, 6) is 0.551. The molecule has 0 aromatic carbocycles. The van der Waals surface area contributed by atoms with Crippen LogP contribution in [0, 0.1) is 3.70 Å². The van der Waals surface area contributed by atoms with Crippen molar-refractivity contribution in [2.45, 2.75) is 0 Å². The zero-order chi connectivity index (χ0) is 7.56. The Balaban J connectivity index is 3.09.